The first kappa shape index (κ1) is 34.7. The third kappa shape index (κ3) is 7.45. The van der Waals surface area contributed by atoms with Crippen LogP contribution in [0.2, 0.25) is 0 Å². The van der Waals surface area contributed by atoms with Crippen LogP contribution in [0.25, 0.3) is 10.8 Å². The third-order valence-corrected chi connectivity index (χ3v) is 10.7. The first-order chi connectivity index (χ1) is 22.2. The summed E-state index contributed by atoms with van der Waals surface area (Å²) in [5.74, 6) is -1.93. The monoisotopic (exact) mass is 682 g/mol. The van der Waals surface area contributed by atoms with Crippen molar-refractivity contribution in [3.63, 3.8) is 0 Å². The van der Waals surface area contributed by atoms with Gasteiger partial charge < -0.3 is 27.3 Å². The second kappa shape index (κ2) is 14.1. The molecule has 0 aliphatic rings. The topological polar surface area (TPSA) is 225 Å². The van der Waals surface area contributed by atoms with Gasteiger partial charge in [-0.3, -0.25) is 23.0 Å². The number of ether oxygens (including phenoxy) is 1. The second-order valence-electron chi connectivity index (χ2n) is 10.3. The number of primary amides is 2. The lowest BCUT2D eigenvalue weighted by molar-refractivity contribution is -0.118. The van der Waals surface area contributed by atoms with Crippen LogP contribution in [0.15, 0.2) is 94.7 Å². The molecule has 0 radical (unpaired) electrons. The molecule has 3 amide bonds. The van der Waals surface area contributed by atoms with Crippen LogP contribution in [-0.4, -0.2) is 60.8 Å². The van der Waals surface area contributed by atoms with Crippen LogP contribution in [0.5, 0.6) is 5.75 Å². The maximum atomic E-state index is 14.0. The lowest BCUT2D eigenvalue weighted by Crippen LogP contribution is -2.39. The van der Waals surface area contributed by atoms with Crippen LogP contribution in [0, 0.1) is 0 Å². The first-order valence-corrected chi connectivity index (χ1v) is 17.0. The van der Waals surface area contributed by atoms with Crippen molar-refractivity contribution in [3.8, 4) is 5.75 Å². The fourth-order valence-electron chi connectivity index (χ4n) is 4.72. The first-order valence-electron chi connectivity index (χ1n) is 14.1. The lowest BCUT2D eigenvalue weighted by atomic mass is 10.1. The van der Waals surface area contributed by atoms with E-state index in [0.29, 0.717) is 17.9 Å². The summed E-state index contributed by atoms with van der Waals surface area (Å²) in [5, 5.41) is 3.07. The average Bonchev–Trinajstić information content (AvgIpc) is 3.05. The molecule has 1 atom stereocenters. The van der Waals surface area contributed by atoms with E-state index in [9.17, 15) is 31.2 Å². The van der Waals surface area contributed by atoms with Crippen molar-refractivity contribution in [1.29, 1.82) is 0 Å². The van der Waals surface area contributed by atoms with Crippen LogP contribution in [0.4, 0.5) is 17.1 Å². The summed E-state index contributed by atoms with van der Waals surface area (Å²) in [6.45, 7) is 0.260. The zero-order valence-corrected chi connectivity index (χ0v) is 27.1. The van der Waals surface area contributed by atoms with Crippen LogP contribution in [-0.2, 0) is 34.4 Å². The molecule has 0 saturated carbocycles. The Bertz CT molecular complexity index is 2020. The Labute approximate surface area is 272 Å². The van der Waals surface area contributed by atoms with Crippen molar-refractivity contribution in [3.05, 3.63) is 84.9 Å². The highest BCUT2D eigenvalue weighted by Crippen LogP contribution is 2.38. The molecular weight excluding hydrogens is 649 g/mol. The molecule has 0 heterocycles. The summed E-state index contributed by atoms with van der Waals surface area (Å²) in [4.78, 5) is 36.2. The molecule has 0 aliphatic heterocycles. The van der Waals surface area contributed by atoms with E-state index in [1.165, 1.54) is 73.8 Å². The molecule has 248 valence electrons. The van der Waals surface area contributed by atoms with Gasteiger partial charge in [-0.05, 0) is 67.1 Å². The van der Waals surface area contributed by atoms with Gasteiger partial charge in [-0.2, -0.15) is 0 Å². The number of carbonyl (C=O) groups is 3. The molecule has 47 heavy (non-hydrogen) atoms. The van der Waals surface area contributed by atoms with Gasteiger partial charge >= 0.3 is 0 Å². The Morgan fingerprint density at radius 1 is 0.723 bits per heavy atom. The number of hydrogen-bond acceptors (Lipinski definition) is 9. The lowest BCUT2D eigenvalue weighted by Gasteiger charge is -2.28. The number of sulfonamides is 2. The van der Waals surface area contributed by atoms with Crippen molar-refractivity contribution in [2.45, 2.75) is 29.2 Å². The van der Waals surface area contributed by atoms with Gasteiger partial charge in [-0.25, -0.2) is 16.8 Å². The van der Waals surface area contributed by atoms with E-state index in [0.717, 1.165) is 8.61 Å². The predicted molar refractivity (Wildman–Crippen MR) is 178 cm³/mol. The number of nitrogens with zero attached hydrogens (tertiary/aromatic N) is 2. The number of nitrogens with two attached hydrogens (primary N) is 3. The van der Waals surface area contributed by atoms with E-state index in [1.54, 1.807) is 25.1 Å². The third-order valence-electron chi connectivity index (χ3n) is 7.15. The quantitative estimate of drug-likeness (QED) is 0.152. The number of fused-ring (bicyclic) bond motifs is 1. The summed E-state index contributed by atoms with van der Waals surface area (Å²) in [7, 11) is -7.41. The molecule has 0 fully saturated rings. The van der Waals surface area contributed by atoms with Crippen LogP contribution < -0.4 is 35.9 Å². The van der Waals surface area contributed by atoms with Crippen molar-refractivity contribution in [1.82, 2.24) is 0 Å². The normalized spacial score (nSPS) is 12.2. The zero-order valence-electron chi connectivity index (χ0n) is 25.5. The van der Waals surface area contributed by atoms with E-state index >= 15 is 0 Å². The van der Waals surface area contributed by atoms with E-state index in [1.807, 2.05) is 0 Å². The molecule has 0 unspecified atom stereocenters. The molecule has 4 rings (SSSR count). The number of benzene rings is 4. The fourth-order valence-corrected chi connectivity index (χ4v) is 7.62. The van der Waals surface area contributed by atoms with E-state index in [4.69, 9.17) is 21.9 Å². The molecule has 4 aromatic carbocycles. The van der Waals surface area contributed by atoms with E-state index in [-0.39, 0.29) is 31.9 Å². The highest BCUT2D eigenvalue weighted by molar-refractivity contribution is 7.93. The molecule has 0 aromatic heterocycles. The van der Waals surface area contributed by atoms with Crippen molar-refractivity contribution in [2.75, 3.05) is 34.1 Å². The largest absolute Gasteiger partial charge is 0.497 e. The molecule has 4 aromatic rings. The minimum Gasteiger partial charge on any atom is -0.497 e. The van der Waals surface area contributed by atoms with E-state index in [2.05, 4.69) is 5.32 Å². The Balaban J connectivity index is 1.84. The van der Waals surface area contributed by atoms with Crippen molar-refractivity contribution < 1.29 is 36.0 Å². The SMILES string of the molecule is CC[C@@H](N)C(=O)Nc1ccc(S(=O)(=O)N(CC(N)=O)c2ccc(N(CC(N)=O)S(=O)(=O)c3ccc(OC)cc3)c3ccccc23)cc1. The number of rotatable bonds is 14. The highest BCUT2D eigenvalue weighted by Gasteiger charge is 2.32. The van der Waals surface area contributed by atoms with Crippen molar-refractivity contribution in [2.24, 2.45) is 17.2 Å². The highest BCUT2D eigenvalue weighted by atomic mass is 32.2. The Kier molecular flexibility index (Phi) is 10.4. The number of carbonyl (C=O) groups excluding carboxylic acids is 3. The van der Waals surface area contributed by atoms with Gasteiger partial charge in [0.15, 0.2) is 0 Å². The maximum absolute atomic E-state index is 14.0. The molecule has 0 bridgehead atoms. The Hall–Kier alpha value is -5.19. The van der Waals surface area contributed by atoms with Gasteiger partial charge in [0, 0.05) is 16.5 Å². The number of amides is 3. The smallest absolute Gasteiger partial charge is 0.264 e. The zero-order chi connectivity index (χ0) is 34.5. The summed E-state index contributed by atoms with van der Waals surface area (Å²) in [6, 6.07) is 19.0. The fraction of sp³-hybridized carbons (Fsp3) is 0.194. The van der Waals surface area contributed by atoms with Crippen LogP contribution in [0.1, 0.15) is 13.3 Å². The molecule has 16 heteroatoms. The Morgan fingerprint density at radius 3 is 1.53 bits per heavy atom. The van der Waals surface area contributed by atoms with Gasteiger partial charge in [0.2, 0.25) is 17.7 Å². The number of methoxy groups -OCH3 is 1. The minimum atomic E-state index is -4.46. The summed E-state index contributed by atoms with van der Waals surface area (Å²) < 4.78 is 62.4. The minimum absolute atomic E-state index is 0.00955. The standard InChI is InChI=1S/C31H34N6O8S2/c1-3-26(32)31(40)35-20-8-12-22(13-9-20)46(41,42)36(18-29(33)38)27-16-17-28(25-7-5-4-6-24(25)27)37(19-30(34)39)47(43,44)23-14-10-21(45-2)11-15-23/h4-17,26H,3,18-19,32H2,1-2H3,(H2,33,38)(H2,34,39)(H,35,40)/t26-/m1/s1. The van der Waals surface area contributed by atoms with E-state index < -0.39 is 56.9 Å². The number of hydrogen-bond donors (Lipinski definition) is 4. The van der Waals surface area contributed by atoms with Gasteiger partial charge in [-0.1, -0.05) is 31.2 Å². The summed E-state index contributed by atoms with van der Waals surface area (Å²) in [6.07, 6.45) is 0.404. The molecule has 14 nitrogen and oxygen atoms in total. The van der Waals surface area contributed by atoms with Gasteiger partial charge in [0.25, 0.3) is 20.0 Å². The summed E-state index contributed by atoms with van der Waals surface area (Å²) in [5.41, 5.74) is 17.1. The summed E-state index contributed by atoms with van der Waals surface area (Å²) >= 11 is 0. The Morgan fingerprint density at radius 2 is 1.15 bits per heavy atom. The number of nitrogens with one attached hydrogen (secondary N) is 1. The van der Waals surface area contributed by atoms with Crippen LogP contribution in [0.3, 0.4) is 0 Å². The van der Waals surface area contributed by atoms with Crippen LogP contribution >= 0.6 is 0 Å². The maximum Gasteiger partial charge on any atom is 0.264 e. The average molecular weight is 683 g/mol. The predicted octanol–water partition coefficient (Wildman–Crippen LogP) is 1.89. The molecule has 7 N–H and O–H groups in total. The van der Waals surface area contributed by atoms with Gasteiger partial charge in [0.1, 0.15) is 18.8 Å². The molecule has 0 aliphatic carbocycles. The molecular formula is C31H34N6O8S2. The second-order valence-corrected chi connectivity index (χ2v) is 14.0. The van der Waals surface area contributed by atoms with Gasteiger partial charge in [0.05, 0.1) is 34.3 Å². The van der Waals surface area contributed by atoms with Gasteiger partial charge in [-0.15, -0.1) is 0 Å². The molecule has 0 spiro atoms. The molecule has 0 saturated heterocycles. The van der Waals surface area contributed by atoms with Crippen molar-refractivity contribution >= 4 is 65.6 Å². The number of anilines is 3.